The highest BCUT2D eigenvalue weighted by molar-refractivity contribution is 9.44. The molecule has 2 unspecified atom stereocenters. The molecule has 0 spiro atoms. The van der Waals surface area contributed by atoms with Gasteiger partial charge in [0.15, 0.2) is 0 Å². The van der Waals surface area contributed by atoms with E-state index < -0.39 is 80.5 Å². The standard InChI is InChI=1S/C13H16Br3NO4S.C12H14Br3NO3S.2C11H12Br3NO4S.C8H7Br3O2S/c14-13(15,16)22(20,21)11-6-4-5-10(9-11)12(19)17-7-2-1-3-8-18;1-8(2)7-16-11(17)9-4-3-5-10(6-9)20(18,19)12(13,14)15;2*1-7(6-16)15-10(17)8-3-2-4-9(5-8)20(18,19)11(12,13)14;1-6-3-2-4-7(5-6)14(12,13)8(9,10)11/h4-6,9,18H,1-3,7-8H2,(H,17,19);3-6,8H,7H2,1-2H3,(H,16,17);2*2-5,7,16H,6H2,1H3,(H,15,17);2-5H,1H3. The number of rotatable bonds is 20. The molecule has 21 nitrogen and oxygen atoms in total. The third kappa shape index (κ3) is 30.3. The zero-order chi connectivity index (χ0) is 74.4. The summed E-state index contributed by atoms with van der Waals surface area (Å²) in [5, 5.41) is 37.0. The van der Waals surface area contributed by atoms with Gasteiger partial charge in [0.05, 0.1) is 37.7 Å². The van der Waals surface area contributed by atoms with E-state index in [-0.39, 0.29) is 72.8 Å². The number of hydrogen-bond donors (Lipinski definition) is 7. The molecule has 0 saturated heterocycles. The number of unbranched alkanes of at least 4 members (excludes halogenated alkanes) is 2. The molecular weight excluding hydrogens is 2350 g/mol. The number of carbonyl (C=O) groups is 4. The minimum absolute atomic E-state index is 0.0195. The fraction of sp³-hybridized carbons (Fsp3) is 0.382. The Kier molecular flexibility index (Phi) is 41.1. The first-order valence-electron chi connectivity index (χ1n) is 26.7. The lowest BCUT2D eigenvalue weighted by atomic mass is 10.2. The number of aliphatic hydroxyl groups excluding tert-OH is 3. The van der Waals surface area contributed by atoms with E-state index in [1.54, 1.807) is 44.2 Å². The van der Waals surface area contributed by atoms with Crippen molar-refractivity contribution in [1.82, 2.24) is 21.3 Å². The van der Waals surface area contributed by atoms with Crippen LogP contribution in [0.3, 0.4) is 0 Å². The second-order valence-electron chi connectivity index (χ2n) is 19.9. The summed E-state index contributed by atoms with van der Waals surface area (Å²) < 4.78 is 114. The number of sulfone groups is 5. The van der Waals surface area contributed by atoms with E-state index in [0.717, 1.165) is 18.4 Å². The third-order valence-corrected chi connectivity index (χ3v) is 38.1. The van der Waals surface area contributed by atoms with Crippen LogP contribution in [0.25, 0.3) is 0 Å². The Labute approximate surface area is 685 Å². The van der Waals surface area contributed by atoms with Crippen molar-refractivity contribution in [1.29, 1.82) is 0 Å². The topological polar surface area (TPSA) is 348 Å². The molecule has 2 atom stereocenters. The van der Waals surface area contributed by atoms with Gasteiger partial charge < -0.3 is 36.6 Å². The molecular formula is C55H61Br15N4O17S5. The summed E-state index contributed by atoms with van der Waals surface area (Å²) in [4.78, 5) is 48.0. The monoisotopic (exact) mass is 2390 g/mol. The molecule has 0 fully saturated rings. The van der Waals surface area contributed by atoms with Crippen molar-refractivity contribution in [3.8, 4) is 0 Å². The number of alkyl halides is 15. The molecule has 96 heavy (non-hydrogen) atoms. The lowest BCUT2D eigenvalue weighted by Gasteiger charge is -2.15. The predicted molar refractivity (Wildman–Crippen MR) is 429 cm³/mol. The molecule has 0 heterocycles. The van der Waals surface area contributed by atoms with Crippen LogP contribution in [0.15, 0.2) is 146 Å². The molecule has 5 aromatic carbocycles. The number of hydrogen-bond acceptors (Lipinski definition) is 17. The van der Waals surface area contributed by atoms with Crippen LogP contribution in [0.4, 0.5) is 0 Å². The van der Waals surface area contributed by atoms with Gasteiger partial charge in [0.1, 0.15) is 0 Å². The Balaban J connectivity index is 0.000000604. The average molecular weight is 2410 g/mol. The Morgan fingerprint density at radius 1 is 0.375 bits per heavy atom. The van der Waals surface area contributed by atoms with E-state index in [1.165, 1.54) is 84.9 Å². The van der Waals surface area contributed by atoms with Gasteiger partial charge in [-0.2, -0.15) is 0 Å². The predicted octanol–water partition coefficient (Wildman–Crippen LogP) is 15.1. The van der Waals surface area contributed by atoms with Gasteiger partial charge in [-0.1, -0.05) is 50.2 Å². The maximum atomic E-state index is 12.3. The highest BCUT2D eigenvalue weighted by Gasteiger charge is 2.41. The smallest absolute Gasteiger partial charge is 0.251 e. The fourth-order valence-corrected chi connectivity index (χ4v) is 19.0. The summed E-state index contributed by atoms with van der Waals surface area (Å²) >= 11 is 44.7. The Hall–Kier alpha value is 0.810. The van der Waals surface area contributed by atoms with Crippen molar-refractivity contribution in [3.63, 3.8) is 0 Å². The number of amides is 4. The quantitative estimate of drug-likeness (QED) is 0.0281. The molecule has 538 valence electrons. The van der Waals surface area contributed by atoms with Gasteiger partial charge in [0, 0.05) is 54.0 Å². The number of nitrogens with one attached hydrogen (secondary N) is 4. The van der Waals surface area contributed by atoms with E-state index >= 15 is 0 Å². The Morgan fingerprint density at radius 3 is 0.885 bits per heavy atom. The van der Waals surface area contributed by atoms with Crippen molar-refractivity contribution in [2.45, 2.75) is 97.8 Å². The van der Waals surface area contributed by atoms with E-state index in [9.17, 15) is 61.3 Å². The van der Waals surface area contributed by atoms with Gasteiger partial charge in [-0.25, -0.2) is 42.1 Å². The van der Waals surface area contributed by atoms with Crippen molar-refractivity contribution in [3.05, 3.63) is 149 Å². The lowest BCUT2D eigenvalue weighted by molar-refractivity contribution is 0.0914. The molecule has 0 aliphatic carbocycles. The molecule has 4 amide bonds. The molecule has 0 bridgehead atoms. The fourth-order valence-electron chi connectivity index (χ4n) is 6.49. The average Bonchev–Trinajstić information content (AvgIpc) is 0.828. The van der Waals surface area contributed by atoms with Gasteiger partial charge in [0.2, 0.25) is 56.6 Å². The maximum Gasteiger partial charge on any atom is 0.251 e. The first kappa shape index (κ1) is 94.8. The molecule has 0 saturated carbocycles. The lowest BCUT2D eigenvalue weighted by Crippen LogP contribution is -2.35. The van der Waals surface area contributed by atoms with Crippen LogP contribution in [0.2, 0.25) is 0 Å². The SMILES string of the molecule is CC(C)CNC(=O)c1cccc(S(=O)(=O)C(Br)(Br)Br)c1.CC(CO)NC(=O)c1cccc(S(=O)(=O)C(Br)(Br)Br)c1.CC(CO)NC(=O)c1cccc(S(=O)(=O)C(Br)(Br)Br)c1.Cc1cccc(S(=O)(=O)C(Br)(Br)Br)c1.O=C(NCCCCCO)c1cccc(S(=O)(=O)C(Br)(Br)Br)c1. The molecule has 5 rings (SSSR count). The highest BCUT2D eigenvalue weighted by atomic mass is 80.0. The van der Waals surface area contributed by atoms with Crippen LogP contribution in [0.1, 0.15) is 94.0 Å². The molecule has 7 N–H and O–H groups in total. The molecule has 0 aliphatic heterocycles. The molecule has 5 aromatic rings. The molecule has 0 radical (unpaired) electrons. The van der Waals surface area contributed by atoms with Crippen molar-refractivity contribution in [2.24, 2.45) is 5.92 Å². The van der Waals surface area contributed by atoms with Crippen LogP contribution in [0, 0.1) is 12.8 Å². The summed E-state index contributed by atoms with van der Waals surface area (Å²) in [6, 6.07) is 28.9. The van der Waals surface area contributed by atoms with Crippen LogP contribution < -0.4 is 21.3 Å². The minimum atomic E-state index is -3.75. The molecule has 41 heteroatoms. The van der Waals surface area contributed by atoms with Gasteiger partial charge in [-0.05, 0) is 375 Å². The van der Waals surface area contributed by atoms with Crippen LogP contribution in [-0.2, 0) is 49.2 Å². The minimum Gasteiger partial charge on any atom is -0.396 e. The summed E-state index contributed by atoms with van der Waals surface area (Å²) in [5.74, 6) is -1.20. The largest absolute Gasteiger partial charge is 0.396 e. The van der Waals surface area contributed by atoms with E-state index in [2.05, 4.69) is 260 Å². The zero-order valence-electron chi connectivity index (χ0n) is 50.2. The van der Waals surface area contributed by atoms with Crippen LogP contribution in [-0.4, -0.2) is 133 Å². The normalized spacial score (nSPS) is 13.0. The van der Waals surface area contributed by atoms with Crippen molar-refractivity contribution in [2.75, 3.05) is 32.9 Å². The van der Waals surface area contributed by atoms with Gasteiger partial charge in [-0.3, -0.25) is 19.2 Å². The number of aliphatic hydroxyl groups is 3. The second-order valence-corrected chi connectivity index (χ2v) is 72.1. The van der Waals surface area contributed by atoms with Gasteiger partial charge in [0.25, 0.3) is 23.6 Å². The summed E-state index contributed by atoms with van der Waals surface area (Å²) in [7, 11) is -18.4. The third-order valence-electron chi connectivity index (χ3n) is 11.5. The van der Waals surface area contributed by atoms with E-state index in [0.29, 0.717) is 31.0 Å². The zero-order valence-corrected chi connectivity index (χ0v) is 78.1. The van der Waals surface area contributed by atoms with E-state index in [4.69, 9.17) is 15.3 Å². The summed E-state index contributed by atoms with van der Waals surface area (Å²) in [6.45, 7) is 9.85. The number of aryl methyl sites for hydroxylation is 1. The maximum absolute atomic E-state index is 12.3. The number of benzene rings is 5. The number of halogens is 15. The second kappa shape index (κ2) is 41.6. The highest BCUT2D eigenvalue weighted by Crippen LogP contribution is 2.47. The summed E-state index contributed by atoms with van der Waals surface area (Å²) in [5.41, 5.74) is 1.89. The number of carbonyl (C=O) groups excluding carboxylic acids is 4. The van der Waals surface area contributed by atoms with Crippen molar-refractivity contribution < 1.29 is 76.6 Å². The first-order valence-corrected chi connectivity index (χ1v) is 46.0. The van der Waals surface area contributed by atoms with Crippen LogP contribution >= 0.6 is 239 Å². The van der Waals surface area contributed by atoms with Gasteiger partial charge >= 0.3 is 0 Å². The van der Waals surface area contributed by atoms with E-state index in [1.807, 2.05) is 26.8 Å². The molecule has 0 aliphatic rings. The van der Waals surface area contributed by atoms with Crippen molar-refractivity contribution >= 4 is 312 Å². The first-order chi connectivity index (χ1) is 43.7. The Bertz CT molecular complexity index is 3930. The molecule has 0 aromatic heterocycles. The van der Waals surface area contributed by atoms with Gasteiger partial charge in [-0.15, -0.1) is 0 Å². The Morgan fingerprint density at radius 2 is 0.635 bits per heavy atom. The summed E-state index contributed by atoms with van der Waals surface area (Å²) in [6.07, 6.45) is 2.29. The van der Waals surface area contributed by atoms with Crippen LogP contribution in [0.5, 0.6) is 0 Å².